The number of thioether (sulfide) groups is 1. The summed E-state index contributed by atoms with van der Waals surface area (Å²) in [5, 5.41) is 15.8. The smallest absolute Gasteiger partial charge is 0.272 e. The number of hydrogen-bond donors (Lipinski definition) is 1. The zero-order valence-electron chi connectivity index (χ0n) is 18.3. The molecule has 174 valence electrons. The van der Waals surface area contributed by atoms with Gasteiger partial charge in [0.15, 0.2) is 5.16 Å². The molecule has 0 fully saturated rings. The standard InChI is InChI=1S/C25H19N5O4S/c31-23(28-26-16-8-10-18-9-4-7-15-22(18)30(33)34)17-35-25-27-21-14-6-5-13-20(21)24(32)29(25)19-11-2-1-3-12-19/h1-16H,17H2,(H,28,31)/b10-8-,26-16-. The number of carbonyl (C=O) groups is 1. The van der Waals surface area contributed by atoms with E-state index in [0.29, 0.717) is 27.3 Å². The third-order valence-corrected chi connectivity index (χ3v) is 5.79. The number of allylic oxidation sites excluding steroid dienone is 1. The maximum Gasteiger partial charge on any atom is 0.276 e. The van der Waals surface area contributed by atoms with Gasteiger partial charge in [0.1, 0.15) is 0 Å². The van der Waals surface area contributed by atoms with E-state index in [-0.39, 0.29) is 17.0 Å². The van der Waals surface area contributed by atoms with Crippen LogP contribution in [0.3, 0.4) is 0 Å². The predicted molar refractivity (Wildman–Crippen MR) is 137 cm³/mol. The van der Waals surface area contributed by atoms with Gasteiger partial charge in [0, 0.05) is 12.3 Å². The van der Waals surface area contributed by atoms with Crippen LogP contribution in [0.15, 0.2) is 100.0 Å². The lowest BCUT2D eigenvalue weighted by atomic mass is 10.2. The summed E-state index contributed by atoms with van der Waals surface area (Å²) in [5.41, 5.74) is 3.77. The topological polar surface area (TPSA) is 119 Å². The van der Waals surface area contributed by atoms with Crippen LogP contribution in [0.4, 0.5) is 5.69 Å². The van der Waals surface area contributed by atoms with Gasteiger partial charge in [-0.1, -0.05) is 54.2 Å². The molecule has 35 heavy (non-hydrogen) atoms. The Kier molecular flexibility index (Phi) is 7.44. The van der Waals surface area contributed by atoms with E-state index in [1.54, 1.807) is 54.6 Å². The number of fused-ring (bicyclic) bond motifs is 1. The van der Waals surface area contributed by atoms with Crippen molar-refractivity contribution in [3.05, 3.63) is 111 Å². The van der Waals surface area contributed by atoms with Crippen molar-refractivity contribution in [3.8, 4) is 5.69 Å². The van der Waals surface area contributed by atoms with Crippen LogP contribution >= 0.6 is 11.8 Å². The number of carbonyl (C=O) groups excluding carboxylic acids is 1. The van der Waals surface area contributed by atoms with Crippen LogP contribution in [-0.2, 0) is 4.79 Å². The third-order valence-electron chi connectivity index (χ3n) is 4.85. The summed E-state index contributed by atoms with van der Waals surface area (Å²) in [5.74, 6) is -0.421. The molecule has 0 saturated heterocycles. The van der Waals surface area contributed by atoms with Crippen molar-refractivity contribution in [3.63, 3.8) is 0 Å². The predicted octanol–water partition coefficient (Wildman–Crippen LogP) is 4.20. The van der Waals surface area contributed by atoms with Crippen molar-refractivity contribution in [1.82, 2.24) is 15.0 Å². The molecule has 1 heterocycles. The lowest BCUT2D eigenvalue weighted by Crippen LogP contribution is -2.24. The van der Waals surface area contributed by atoms with E-state index in [1.807, 2.05) is 18.2 Å². The molecule has 1 N–H and O–H groups in total. The fraction of sp³-hybridized carbons (Fsp3) is 0.0400. The maximum absolute atomic E-state index is 13.2. The number of para-hydroxylation sites is 3. The van der Waals surface area contributed by atoms with Gasteiger partial charge >= 0.3 is 0 Å². The number of hydrazone groups is 1. The van der Waals surface area contributed by atoms with Gasteiger partial charge in [0.2, 0.25) is 0 Å². The quantitative estimate of drug-likeness (QED) is 0.131. The number of nitro benzene ring substituents is 1. The van der Waals surface area contributed by atoms with Crippen LogP contribution < -0.4 is 11.0 Å². The molecular formula is C25H19N5O4S. The SMILES string of the molecule is O=C(CSc1nc2ccccc2c(=O)n1-c1ccccc1)N/N=C\C=C/c1ccccc1[N+](=O)[O-]. The lowest BCUT2D eigenvalue weighted by Gasteiger charge is -2.12. The summed E-state index contributed by atoms with van der Waals surface area (Å²) >= 11 is 1.12. The molecule has 0 bridgehead atoms. The lowest BCUT2D eigenvalue weighted by molar-refractivity contribution is -0.385. The minimum atomic E-state index is -0.467. The molecule has 0 atom stereocenters. The first-order valence-electron chi connectivity index (χ1n) is 10.5. The Labute approximate surface area is 204 Å². The largest absolute Gasteiger partial charge is 0.276 e. The van der Waals surface area contributed by atoms with Crippen molar-refractivity contribution >= 4 is 46.5 Å². The van der Waals surface area contributed by atoms with Gasteiger partial charge < -0.3 is 0 Å². The second kappa shape index (κ2) is 11.0. The van der Waals surface area contributed by atoms with Crippen molar-refractivity contribution in [2.45, 2.75) is 5.16 Å². The molecule has 10 heteroatoms. The van der Waals surface area contributed by atoms with Crippen molar-refractivity contribution in [1.29, 1.82) is 0 Å². The second-order valence-corrected chi connectivity index (χ2v) is 8.11. The van der Waals surface area contributed by atoms with E-state index in [0.717, 1.165) is 11.8 Å². The summed E-state index contributed by atoms with van der Waals surface area (Å²) in [7, 11) is 0. The van der Waals surface area contributed by atoms with E-state index in [4.69, 9.17) is 0 Å². The first-order chi connectivity index (χ1) is 17.0. The van der Waals surface area contributed by atoms with Gasteiger partial charge in [-0.05, 0) is 42.5 Å². The first kappa shape index (κ1) is 23.6. The average molecular weight is 486 g/mol. The second-order valence-electron chi connectivity index (χ2n) is 7.16. The Bertz CT molecular complexity index is 1500. The third kappa shape index (κ3) is 5.68. The van der Waals surface area contributed by atoms with Crippen LogP contribution in [0.2, 0.25) is 0 Å². The highest BCUT2D eigenvalue weighted by molar-refractivity contribution is 7.99. The van der Waals surface area contributed by atoms with Gasteiger partial charge in [0.25, 0.3) is 17.2 Å². The molecule has 0 saturated carbocycles. The molecule has 0 spiro atoms. The molecule has 4 aromatic rings. The summed E-state index contributed by atoms with van der Waals surface area (Å²) in [6.45, 7) is 0. The van der Waals surface area contributed by atoms with E-state index < -0.39 is 10.8 Å². The number of amides is 1. The molecule has 1 amide bonds. The number of nitro groups is 1. The van der Waals surface area contributed by atoms with Crippen molar-refractivity contribution < 1.29 is 9.72 Å². The fourth-order valence-electron chi connectivity index (χ4n) is 3.27. The highest BCUT2D eigenvalue weighted by atomic mass is 32.2. The molecule has 4 rings (SSSR count). The summed E-state index contributed by atoms with van der Waals surface area (Å²) in [6.07, 6.45) is 4.35. The molecule has 3 aromatic carbocycles. The van der Waals surface area contributed by atoms with Crippen molar-refractivity contribution in [2.75, 3.05) is 5.75 Å². The van der Waals surface area contributed by atoms with Crippen LogP contribution in [0.5, 0.6) is 0 Å². The zero-order valence-corrected chi connectivity index (χ0v) is 19.1. The highest BCUT2D eigenvalue weighted by Crippen LogP contribution is 2.21. The monoisotopic (exact) mass is 485 g/mol. The molecule has 9 nitrogen and oxygen atoms in total. The van der Waals surface area contributed by atoms with Crippen LogP contribution in [0, 0.1) is 10.1 Å². The molecule has 0 aliphatic carbocycles. The number of nitrogens with one attached hydrogen (secondary N) is 1. The highest BCUT2D eigenvalue weighted by Gasteiger charge is 2.14. The van der Waals surface area contributed by atoms with E-state index in [1.165, 1.54) is 29.0 Å². The van der Waals surface area contributed by atoms with Gasteiger partial charge in [-0.25, -0.2) is 10.4 Å². The number of rotatable bonds is 8. The van der Waals surface area contributed by atoms with Crippen molar-refractivity contribution in [2.24, 2.45) is 5.10 Å². The molecule has 0 radical (unpaired) electrons. The molecule has 0 unspecified atom stereocenters. The summed E-state index contributed by atoms with van der Waals surface area (Å²) in [4.78, 5) is 40.6. The van der Waals surface area contributed by atoms with Gasteiger partial charge in [-0.3, -0.25) is 24.3 Å². The Balaban J connectivity index is 1.46. The zero-order chi connectivity index (χ0) is 24.6. The molecule has 0 aliphatic rings. The average Bonchev–Trinajstić information content (AvgIpc) is 2.88. The number of nitrogens with zero attached hydrogens (tertiary/aromatic N) is 4. The normalized spacial score (nSPS) is 11.3. The minimum absolute atomic E-state index is 0.0232. The van der Waals surface area contributed by atoms with Crippen LogP contribution in [0.25, 0.3) is 22.7 Å². The Morgan fingerprint density at radius 3 is 2.57 bits per heavy atom. The summed E-state index contributed by atoms with van der Waals surface area (Å²) in [6, 6.07) is 22.5. The Morgan fingerprint density at radius 2 is 1.77 bits per heavy atom. The Hall–Kier alpha value is -4.57. The minimum Gasteiger partial charge on any atom is -0.272 e. The van der Waals surface area contributed by atoms with E-state index in [2.05, 4.69) is 15.5 Å². The van der Waals surface area contributed by atoms with Gasteiger partial charge in [-0.2, -0.15) is 5.10 Å². The van der Waals surface area contributed by atoms with E-state index >= 15 is 0 Å². The molecular weight excluding hydrogens is 466 g/mol. The van der Waals surface area contributed by atoms with Gasteiger partial charge in [-0.15, -0.1) is 0 Å². The first-order valence-corrected chi connectivity index (χ1v) is 11.4. The van der Waals surface area contributed by atoms with Crippen LogP contribution in [-0.4, -0.2) is 32.3 Å². The van der Waals surface area contributed by atoms with E-state index in [9.17, 15) is 19.7 Å². The summed E-state index contributed by atoms with van der Waals surface area (Å²) < 4.78 is 1.49. The van der Waals surface area contributed by atoms with Crippen LogP contribution in [0.1, 0.15) is 5.56 Å². The molecule has 1 aromatic heterocycles. The van der Waals surface area contributed by atoms with Gasteiger partial charge in [0.05, 0.1) is 32.8 Å². The number of aromatic nitrogens is 2. The fourth-order valence-corrected chi connectivity index (χ4v) is 4.08. The number of hydrogen-bond acceptors (Lipinski definition) is 7. The maximum atomic E-state index is 13.2. The number of benzene rings is 3. The molecule has 0 aliphatic heterocycles. The Morgan fingerprint density at radius 1 is 1.06 bits per heavy atom.